The van der Waals surface area contributed by atoms with E-state index in [4.69, 9.17) is 0 Å². The molecule has 1 nitrogen and oxygen atoms in total. The van der Waals surface area contributed by atoms with Crippen molar-refractivity contribution in [2.24, 2.45) is 16.8 Å². The van der Waals surface area contributed by atoms with Gasteiger partial charge < -0.3 is 0 Å². The summed E-state index contributed by atoms with van der Waals surface area (Å²) in [5, 5.41) is 0. The first-order valence-corrected chi connectivity index (χ1v) is 4.46. The smallest absolute Gasteiger partial charge is 0.0328 e. The fraction of sp³-hybridized carbons (Fsp3) is 0.700. The van der Waals surface area contributed by atoms with Crippen LogP contribution in [0, 0.1) is 11.8 Å². The SMILES string of the molecule is C=C(CCC)/N=C\[C@H]1CC1C. The van der Waals surface area contributed by atoms with Gasteiger partial charge in [-0.05, 0) is 24.7 Å². The monoisotopic (exact) mass is 151 g/mol. The summed E-state index contributed by atoms with van der Waals surface area (Å²) in [6.45, 7) is 8.29. The first-order chi connectivity index (χ1) is 5.24. The van der Waals surface area contributed by atoms with Gasteiger partial charge in [-0.3, -0.25) is 4.99 Å². The number of nitrogens with zero attached hydrogens (tertiary/aromatic N) is 1. The first kappa shape index (κ1) is 8.51. The van der Waals surface area contributed by atoms with Gasteiger partial charge in [-0.1, -0.05) is 26.8 Å². The maximum Gasteiger partial charge on any atom is 0.0328 e. The second-order valence-electron chi connectivity index (χ2n) is 3.47. The zero-order valence-corrected chi connectivity index (χ0v) is 7.51. The molecule has 1 saturated carbocycles. The van der Waals surface area contributed by atoms with Crippen LogP contribution in [-0.2, 0) is 0 Å². The Morgan fingerprint density at radius 2 is 2.36 bits per heavy atom. The molecule has 0 aliphatic heterocycles. The topological polar surface area (TPSA) is 12.4 Å². The molecule has 0 radical (unpaired) electrons. The Morgan fingerprint density at radius 1 is 1.73 bits per heavy atom. The van der Waals surface area contributed by atoms with Crippen molar-refractivity contribution >= 4 is 6.21 Å². The third kappa shape index (κ3) is 2.87. The summed E-state index contributed by atoms with van der Waals surface area (Å²) in [4.78, 5) is 4.31. The molecular formula is C10H17N. The van der Waals surface area contributed by atoms with Crippen molar-refractivity contribution in [3.05, 3.63) is 12.3 Å². The molecular weight excluding hydrogens is 134 g/mol. The van der Waals surface area contributed by atoms with E-state index in [1.54, 1.807) is 0 Å². The average Bonchev–Trinajstić information content (AvgIpc) is 2.63. The third-order valence-corrected chi connectivity index (χ3v) is 2.16. The molecule has 1 aliphatic rings. The Kier molecular flexibility index (Phi) is 2.86. The number of hydrogen-bond donors (Lipinski definition) is 0. The lowest BCUT2D eigenvalue weighted by molar-refractivity contribution is 0.890. The predicted molar refractivity (Wildman–Crippen MR) is 49.8 cm³/mol. The van der Waals surface area contributed by atoms with E-state index in [9.17, 15) is 0 Å². The van der Waals surface area contributed by atoms with Crippen molar-refractivity contribution in [3.63, 3.8) is 0 Å². The fourth-order valence-corrected chi connectivity index (χ4v) is 1.11. The highest BCUT2D eigenvalue weighted by molar-refractivity contribution is 5.65. The lowest BCUT2D eigenvalue weighted by Crippen LogP contribution is -1.81. The highest BCUT2D eigenvalue weighted by Gasteiger charge is 2.30. The van der Waals surface area contributed by atoms with E-state index < -0.39 is 0 Å². The van der Waals surface area contributed by atoms with Crippen molar-refractivity contribution < 1.29 is 0 Å². The number of aliphatic imine (C=N–C) groups is 1. The van der Waals surface area contributed by atoms with Crippen LogP contribution < -0.4 is 0 Å². The maximum atomic E-state index is 4.31. The van der Waals surface area contributed by atoms with Crippen LogP contribution in [0.15, 0.2) is 17.3 Å². The average molecular weight is 151 g/mol. The van der Waals surface area contributed by atoms with Gasteiger partial charge >= 0.3 is 0 Å². The fourth-order valence-electron chi connectivity index (χ4n) is 1.11. The number of hydrogen-bond acceptors (Lipinski definition) is 1. The summed E-state index contributed by atoms with van der Waals surface area (Å²) in [6, 6.07) is 0. The minimum atomic E-state index is 0.753. The minimum Gasteiger partial charge on any atom is -0.266 e. The molecule has 11 heavy (non-hydrogen) atoms. The normalized spacial score (nSPS) is 29.3. The molecule has 62 valence electrons. The molecule has 1 heteroatoms. The number of rotatable bonds is 4. The Hall–Kier alpha value is -0.590. The second kappa shape index (κ2) is 3.70. The molecule has 0 aromatic carbocycles. The highest BCUT2D eigenvalue weighted by atomic mass is 14.7. The molecule has 1 rings (SSSR count). The van der Waals surface area contributed by atoms with Crippen LogP contribution >= 0.6 is 0 Å². The van der Waals surface area contributed by atoms with Crippen molar-refractivity contribution in [3.8, 4) is 0 Å². The molecule has 2 atom stereocenters. The largest absolute Gasteiger partial charge is 0.266 e. The van der Waals surface area contributed by atoms with E-state index in [1.165, 1.54) is 6.42 Å². The molecule has 0 aromatic heterocycles. The van der Waals surface area contributed by atoms with Crippen LogP contribution in [0.5, 0.6) is 0 Å². The number of allylic oxidation sites excluding steroid dienone is 1. The van der Waals surface area contributed by atoms with E-state index in [1.807, 2.05) is 0 Å². The molecule has 1 fully saturated rings. The molecule has 0 aromatic rings. The van der Waals surface area contributed by atoms with Crippen molar-refractivity contribution in [1.82, 2.24) is 0 Å². The van der Waals surface area contributed by atoms with Gasteiger partial charge in [0.25, 0.3) is 0 Å². The van der Waals surface area contributed by atoms with E-state index in [0.717, 1.165) is 30.4 Å². The standard InChI is InChI=1S/C10H17N/c1-4-5-9(3)11-7-10-6-8(10)2/h7-8,10H,3-6H2,1-2H3/b11-7-/t8?,10-/m1/s1. The molecule has 0 heterocycles. The molecule has 0 bridgehead atoms. The maximum absolute atomic E-state index is 4.31. The molecule has 0 amide bonds. The van der Waals surface area contributed by atoms with E-state index in [-0.39, 0.29) is 0 Å². The van der Waals surface area contributed by atoms with Gasteiger partial charge in [-0.15, -0.1) is 0 Å². The van der Waals surface area contributed by atoms with E-state index in [2.05, 4.69) is 31.6 Å². The van der Waals surface area contributed by atoms with Gasteiger partial charge in [0.2, 0.25) is 0 Å². The Labute approximate surface area is 69.2 Å². The van der Waals surface area contributed by atoms with Crippen molar-refractivity contribution in [2.45, 2.75) is 33.1 Å². The summed E-state index contributed by atoms with van der Waals surface area (Å²) in [5.41, 5.74) is 1.03. The molecule has 0 N–H and O–H groups in total. The second-order valence-corrected chi connectivity index (χ2v) is 3.47. The summed E-state index contributed by atoms with van der Waals surface area (Å²) in [7, 11) is 0. The minimum absolute atomic E-state index is 0.753. The van der Waals surface area contributed by atoms with Crippen LogP contribution in [0.1, 0.15) is 33.1 Å². The summed E-state index contributed by atoms with van der Waals surface area (Å²) >= 11 is 0. The molecule has 0 spiro atoms. The van der Waals surface area contributed by atoms with Crippen LogP contribution in [0.4, 0.5) is 0 Å². The van der Waals surface area contributed by atoms with E-state index >= 15 is 0 Å². The lowest BCUT2D eigenvalue weighted by atomic mass is 10.3. The van der Waals surface area contributed by atoms with Gasteiger partial charge in [0.1, 0.15) is 0 Å². The lowest BCUT2D eigenvalue weighted by Gasteiger charge is -1.93. The van der Waals surface area contributed by atoms with Gasteiger partial charge in [0, 0.05) is 11.9 Å². The Balaban J connectivity index is 2.18. The van der Waals surface area contributed by atoms with Crippen LogP contribution in [-0.4, -0.2) is 6.21 Å². The Morgan fingerprint density at radius 3 is 2.82 bits per heavy atom. The van der Waals surface area contributed by atoms with Gasteiger partial charge in [0.05, 0.1) is 0 Å². The van der Waals surface area contributed by atoms with Crippen LogP contribution in [0.25, 0.3) is 0 Å². The summed E-state index contributed by atoms with van der Waals surface area (Å²) in [6.07, 6.45) is 5.58. The highest BCUT2D eigenvalue weighted by Crippen LogP contribution is 2.35. The quantitative estimate of drug-likeness (QED) is 0.548. The molecule has 1 unspecified atom stereocenters. The van der Waals surface area contributed by atoms with Crippen molar-refractivity contribution in [1.29, 1.82) is 0 Å². The van der Waals surface area contributed by atoms with Gasteiger partial charge in [-0.25, -0.2) is 0 Å². The first-order valence-electron chi connectivity index (χ1n) is 4.46. The van der Waals surface area contributed by atoms with Gasteiger partial charge in [-0.2, -0.15) is 0 Å². The predicted octanol–water partition coefficient (Wildman–Crippen LogP) is 3.03. The Bertz CT molecular complexity index is 170. The molecule has 0 saturated heterocycles. The van der Waals surface area contributed by atoms with E-state index in [0.29, 0.717) is 0 Å². The zero-order chi connectivity index (χ0) is 8.27. The van der Waals surface area contributed by atoms with Crippen LogP contribution in [0.2, 0.25) is 0 Å². The van der Waals surface area contributed by atoms with Gasteiger partial charge in [0.15, 0.2) is 0 Å². The van der Waals surface area contributed by atoms with Crippen molar-refractivity contribution in [2.75, 3.05) is 0 Å². The van der Waals surface area contributed by atoms with Crippen LogP contribution in [0.3, 0.4) is 0 Å². The molecule has 1 aliphatic carbocycles. The summed E-state index contributed by atoms with van der Waals surface area (Å²) < 4.78 is 0. The third-order valence-electron chi connectivity index (χ3n) is 2.16. The summed E-state index contributed by atoms with van der Waals surface area (Å²) in [5.74, 6) is 1.62. The zero-order valence-electron chi connectivity index (χ0n) is 7.51.